The number of aromatic nitrogens is 4. The Hall–Kier alpha value is -2.58. The van der Waals surface area contributed by atoms with Crippen molar-refractivity contribution in [2.45, 2.75) is 38.3 Å². The Morgan fingerprint density at radius 2 is 2.15 bits per heavy atom. The molecular weight excluding hydrogens is 349 g/mol. The Morgan fingerprint density at radius 3 is 2.85 bits per heavy atom. The van der Waals surface area contributed by atoms with Crippen molar-refractivity contribution in [1.29, 1.82) is 0 Å². The summed E-state index contributed by atoms with van der Waals surface area (Å²) in [7, 11) is 0. The van der Waals surface area contributed by atoms with Crippen LogP contribution in [0.2, 0.25) is 0 Å². The van der Waals surface area contributed by atoms with E-state index in [1.807, 2.05) is 12.1 Å². The zero-order chi connectivity index (χ0) is 19.0. The van der Waals surface area contributed by atoms with Gasteiger partial charge < -0.3 is 15.2 Å². The summed E-state index contributed by atoms with van der Waals surface area (Å²) in [5.41, 5.74) is 2.58. The molecule has 0 spiro atoms. The van der Waals surface area contributed by atoms with Crippen LogP contribution in [0.25, 0.3) is 16.9 Å². The first-order valence-corrected chi connectivity index (χ1v) is 9.06. The molecule has 3 aromatic heterocycles. The van der Waals surface area contributed by atoms with Crippen molar-refractivity contribution in [3.63, 3.8) is 0 Å². The molecule has 4 heterocycles. The van der Waals surface area contributed by atoms with Crippen LogP contribution in [0.3, 0.4) is 0 Å². The van der Waals surface area contributed by atoms with Gasteiger partial charge in [-0.25, -0.2) is 13.9 Å². The molecule has 7 nitrogen and oxygen atoms in total. The minimum atomic E-state index is -0.635. The van der Waals surface area contributed by atoms with Crippen molar-refractivity contribution < 1.29 is 14.2 Å². The molecule has 0 aliphatic carbocycles. The highest BCUT2D eigenvalue weighted by Gasteiger charge is 2.24. The maximum absolute atomic E-state index is 14.3. The first-order chi connectivity index (χ1) is 13.0. The average Bonchev–Trinajstić information content (AvgIpc) is 3.00. The van der Waals surface area contributed by atoms with E-state index < -0.39 is 11.9 Å². The lowest BCUT2D eigenvalue weighted by atomic mass is 10.1. The summed E-state index contributed by atoms with van der Waals surface area (Å²) in [6, 6.07) is 5.06. The van der Waals surface area contributed by atoms with E-state index in [-0.39, 0.29) is 18.2 Å². The second-order valence-corrected chi connectivity index (χ2v) is 7.07. The normalized spacial score (nSPS) is 20.3. The lowest BCUT2D eigenvalue weighted by molar-refractivity contribution is -0.0136. The van der Waals surface area contributed by atoms with Crippen LogP contribution in [0.1, 0.15) is 31.7 Å². The minimum absolute atomic E-state index is 0.205. The molecule has 0 amide bonds. The fourth-order valence-corrected chi connectivity index (χ4v) is 3.16. The third-order valence-electron chi connectivity index (χ3n) is 4.82. The van der Waals surface area contributed by atoms with Gasteiger partial charge in [0, 0.05) is 18.9 Å². The van der Waals surface area contributed by atoms with E-state index >= 15 is 0 Å². The third kappa shape index (κ3) is 3.50. The number of anilines is 1. The zero-order valence-corrected chi connectivity index (χ0v) is 15.3. The molecule has 2 atom stereocenters. The summed E-state index contributed by atoms with van der Waals surface area (Å²) in [6.45, 7) is 5.03. The molecule has 1 fully saturated rings. The summed E-state index contributed by atoms with van der Waals surface area (Å²) in [6.07, 6.45) is 3.25. The number of nitrogens with zero attached hydrogens (tertiary/aromatic N) is 4. The van der Waals surface area contributed by atoms with Gasteiger partial charge in [0.1, 0.15) is 5.52 Å². The molecule has 142 valence electrons. The average molecular weight is 371 g/mol. The molecule has 3 aromatic rings. The largest absolute Gasteiger partial charge is 0.389 e. The first kappa shape index (κ1) is 17.8. The second-order valence-electron chi connectivity index (χ2n) is 7.07. The van der Waals surface area contributed by atoms with Gasteiger partial charge in [0.15, 0.2) is 5.82 Å². The SMILES string of the molecule is CC(C)c1ccc(-c2cc(F)c3cnc(N[C@@H]4CCOC[C@H]4O)nn23)nc1. The predicted molar refractivity (Wildman–Crippen MR) is 99.1 cm³/mol. The van der Waals surface area contributed by atoms with Crippen molar-refractivity contribution in [3.8, 4) is 11.4 Å². The number of ether oxygens (including phenoxy) is 1. The first-order valence-electron chi connectivity index (χ1n) is 9.06. The number of aliphatic hydroxyl groups is 1. The third-order valence-corrected chi connectivity index (χ3v) is 4.82. The van der Waals surface area contributed by atoms with Crippen LogP contribution in [0.4, 0.5) is 10.3 Å². The van der Waals surface area contributed by atoms with Crippen LogP contribution >= 0.6 is 0 Å². The number of nitrogens with one attached hydrogen (secondary N) is 1. The van der Waals surface area contributed by atoms with Crippen LogP contribution in [0.15, 0.2) is 30.6 Å². The Bertz CT molecular complexity index is 941. The Labute approximate surface area is 156 Å². The Kier molecular flexibility index (Phi) is 4.75. The monoisotopic (exact) mass is 371 g/mol. The van der Waals surface area contributed by atoms with Crippen LogP contribution in [0.5, 0.6) is 0 Å². The van der Waals surface area contributed by atoms with Crippen molar-refractivity contribution >= 4 is 11.5 Å². The van der Waals surface area contributed by atoms with Crippen molar-refractivity contribution in [1.82, 2.24) is 19.6 Å². The van der Waals surface area contributed by atoms with E-state index in [1.54, 1.807) is 6.20 Å². The fraction of sp³-hybridized carbons (Fsp3) is 0.421. The summed E-state index contributed by atoms with van der Waals surface area (Å²) >= 11 is 0. The predicted octanol–water partition coefficient (Wildman–Crippen LogP) is 2.62. The number of rotatable bonds is 4. The highest BCUT2D eigenvalue weighted by atomic mass is 19.1. The van der Waals surface area contributed by atoms with Gasteiger partial charge in [-0.15, -0.1) is 5.10 Å². The van der Waals surface area contributed by atoms with Gasteiger partial charge >= 0.3 is 0 Å². The summed E-state index contributed by atoms with van der Waals surface area (Å²) < 4.78 is 21.1. The summed E-state index contributed by atoms with van der Waals surface area (Å²) in [5, 5.41) is 17.6. The smallest absolute Gasteiger partial charge is 0.241 e. The quantitative estimate of drug-likeness (QED) is 0.733. The molecule has 0 radical (unpaired) electrons. The Balaban J connectivity index is 1.69. The lowest BCUT2D eigenvalue weighted by Crippen LogP contribution is -2.42. The second kappa shape index (κ2) is 7.21. The van der Waals surface area contributed by atoms with Gasteiger partial charge in [-0.05, 0) is 24.0 Å². The van der Waals surface area contributed by atoms with Gasteiger partial charge in [-0.2, -0.15) is 0 Å². The molecule has 0 aromatic carbocycles. The van der Waals surface area contributed by atoms with E-state index in [0.717, 1.165) is 5.56 Å². The van der Waals surface area contributed by atoms with E-state index in [4.69, 9.17) is 4.74 Å². The van der Waals surface area contributed by atoms with Gasteiger partial charge in [-0.1, -0.05) is 19.9 Å². The minimum Gasteiger partial charge on any atom is -0.389 e. The number of hydrogen-bond acceptors (Lipinski definition) is 6. The Morgan fingerprint density at radius 1 is 1.30 bits per heavy atom. The summed E-state index contributed by atoms with van der Waals surface area (Å²) in [4.78, 5) is 8.65. The molecule has 2 N–H and O–H groups in total. The van der Waals surface area contributed by atoms with Gasteiger partial charge in [0.2, 0.25) is 5.95 Å². The number of halogens is 1. The zero-order valence-electron chi connectivity index (χ0n) is 15.3. The number of fused-ring (bicyclic) bond motifs is 1. The highest BCUT2D eigenvalue weighted by Crippen LogP contribution is 2.25. The summed E-state index contributed by atoms with van der Waals surface area (Å²) in [5.74, 6) is 0.290. The molecule has 1 aliphatic rings. The van der Waals surface area contributed by atoms with Crippen LogP contribution in [-0.2, 0) is 4.74 Å². The van der Waals surface area contributed by atoms with Gasteiger partial charge in [-0.3, -0.25) is 4.98 Å². The lowest BCUT2D eigenvalue weighted by Gasteiger charge is -2.28. The van der Waals surface area contributed by atoms with Crippen LogP contribution in [0, 0.1) is 5.82 Å². The maximum Gasteiger partial charge on any atom is 0.241 e. The van der Waals surface area contributed by atoms with Crippen molar-refractivity contribution in [2.75, 3.05) is 18.5 Å². The molecule has 1 aliphatic heterocycles. The van der Waals surface area contributed by atoms with E-state index in [9.17, 15) is 9.50 Å². The van der Waals surface area contributed by atoms with Gasteiger partial charge in [0.05, 0.1) is 36.3 Å². The molecule has 8 heteroatoms. The number of hydrogen-bond donors (Lipinski definition) is 2. The molecule has 1 saturated heterocycles. The number of aliphatic hydroxyl groups excluding tert-OH is 1. The molecule has 0 unspecified atom stereocenters. The van der Waals surface area contributed by atoms with Crippen molar-refractivity contribution in [2.24, 2.45) is 0 Å². The molecular formula is C19H22FN5O2. The van der Waals surface area contributed by atoms with Gasteiger partial charge in [0.25, 0.3) is 0 Å². The number of pyridine rings is 1. The van der Waals surface area contributed by atoms with E-state index in [1.165, 1.54) is 16.8 Å². The molecule has 27 heavy (non-hydrogen) atoms. The van der Waals surface area contributed by atoms with Crippen LogP contribution in [-0.4, -0.2) is 50.0 Å². The van der Waals surface area contributed by atoms with Crippen LogP contribution < -0.4 is 5.32 Å². The van der Waals surface area contributed by atoms with E-state index in [2.05, 4.69) is 34.2 Å². The standard InChI is InChI=1S/C19H22FN5O2/c1-11(2)12-3-4-14(21-8-12)16-7-13(20)17-9-22-19(24-25(16)17)23-15-5-6-27-10-18(15)26/h3-4,7-9,11,15,18,26H,5-6,10H2,1-2H3,(H,23,24)/t15-,18-/m1/s1. The van der Waals surface area contributed by atoms with Crippen molar-refractivity contribution in [3.05, 3.63) is 42.0 Å². The highest BCUT2D eigenvalue weighted by molar-refractivity contribution is 5.64. The topological polar surface area (TPSA) is 84.6 Å². The maximum atomic E-state index is 14.3. The molecule has 0 bridgehead atoms. The molecule has 0 saturated carbocycles. The fourth-order valence-electron chi connectivity index (χ4n) is 3.16. The van der Waals surface area contributed by atoms with E-state index in [0.29, 0.717) is 36.3 Å². The molecule has 4 rings (SSSR count).